The SMILES string of the molecule is CCCc1nnsc1C(=O)N(CC)Cc1cnc2ccccn12. The van der Waals surface area contributed by atoms with Crippen molar-refractivity contribution in [3.05, 3.63) is 46.9 Å². The summed E-state index contributed by atoms with van der Waals surface area (Å²) >= 11 is 1.18. The molecule has 0 bridgehead atoms. The van der Waals surface area contributed by atoms with Crippen molar-refractivity contribution in [2.45, 2.75) is 33.2 Å². The number of carbonyl (C=O) groups is 1. The number of imidazole rings is 1. The van der Waals surface area contributed by atoms with E-state index in [9.17, 15) is 4.79 Å². The molecule has 0 aliphatic carbocycles. The van der Waals surface area contributed by atoms with E-state index in [-0.39, 0.29) is 5.91 Å². The van der Waals surface area contributed by atoms with Crippen molar-refractivity contribution in [3.63, 3.8) is 0 Å². The molecule has 0 aliphatic rings. The fourth-order valence-corrected chi connectivity index (χ4v) is 3.22. The minimum atomic E-state index is -0.00293. The third kappa shape index (κ3) is 3.10. The van der Waals surface area contributed by atoms with Gasteiger partial charge in [-0.3, -0.25) is 4.79 Å². The number of amides is 1. The largest absolute Gasteiger partial charge is 0.332 e. The molecule has 0 spiro atoms. The molecular formula is C16H19N5OS. The molecule has 0 saturated carbocycles. The lowest BCUT2D eigenvalue weighted by Crippen LogP contribution is -2.30. The quantitative estimate of drug-likeness (QED) is 0.697. The minimum Gasteiger partial charge on any atom is -0.332 e. The molecule has 0 atom stereocenters. The van der Waals surface area contributed by atoms with Crippen molar-refractivity contribution >= 4 is 23.1 Å². The molecule has 6 nitrogen and oxygen atoms in total. The normalized spacial score (nSPS) is 11.0. The Balaban J connectivity index is 1.85. The van der Waals surface area contributed by atoms with E-state index in [2.05, 4.69) is 21.5 Å². The van der Waals surface area contributed by atoms with Crippen LogP contribution in [0.4, 0.5) is 0 Å². The first-order chi connectivity index (χ1) is 11.2. The van der Waals surface area contributed by atoms with Gasteiger partial charge in [0.25, 0.3) is 5.91 Å². The average Bonchev–Trinajstić information content (AvgIpc) is 3.19. The standard InChI is InChI=1S/C16H19N5OS/c1-3-7-13-15(23-19-18-13)16(22)20(4-2)11-12-10-17-14-8-5-6-9-21(12)14/h5-6,8-10H,3-4,7,11H2,1-2H3. The maximum Gasteiger partial charge on any atom is 0.267 e. The van der Waals surface area contributed by atoms with Crippen LogP contribution in [0.5, 0.6) is 0 Å². The van der Waals surface area contributed by atoms with Crippen LogP contribution >= 0.6 is 11.5 Å². The predicted octanol–water partition coefficient (Wildman–Crippen LogP) is 2.80. The van der Waals surface area contributed by atoms with Crippen LogP contribution in [0.1, 0.15) is 41.3 Å². The van der Waals surface area contributed by atoms with Crippen LogP contribution < -0.4 is 0 Å². The van der Waals surface area contributed by atoms with E-state index >= 15 is 0 Å². The summed E-state index contributed by atoms with van der Waals surface area (Å²) in [5, 5.41) is 4.09. The zero-order valence-electron chi connectivity index (χ0n) is 13.3. The number of rotatable bonds is 6. The van der Waals surface area contributed by atoms with Gasteiger partial charge >= 0.3 is 0 Å². The number of aryl methyl sites for hydroxylation is 1. The molecule has 120 valence electrons. The number of nitrogens with zero attached hydrogens (tertiary/aromatic N) is 5. The van der Waals surface area contributed by atoms with Gasteiger partial charge in [0.05, 0.1) is 24.1 Å². The fraction of sp³-hybridized carbons (Fsp3) is 0.375. The second kappa shape index (κ2) is 6.87. The van der Waals surface area contributed by atoms with Crippen LogP contribution in [0.25, 0.3) is 5.65 Å². The highest BCUT2D eigenvalue weighted by atomic mass is 32.1. The van der Waals surface area contributed by atoms with Crippen molar-refractivity contribution in [2.24, 2.45) is 0 Å². The number of hydrogen-bond acceptors (Lipinski definition) is 5. The van der Waals surface area contributed by atoms with Gasteiger partial charge in [0.1, 0.15) is 10.5 Å². The van der Waals surface area contributed by atoms with E-state index < -0.39 is 0 Å². The van der Waals surface area contributed by atoms with Gasteiger partial charge in [0.2, 0.25) is 0 Å². The lowest BCUT2D eigenvalue weighted by Gasteiger charge is -2.20. The summed E-state index contributed by atoms with van der Waals surface area (Å²) in [6.07, 6.45) is 5.52. The van der Waals surface area contributed by atoms with Gasteiger partial charge in [-0.05, 0) is 37.0 Å². The summed E-state index contributed by atoms with van der Waals surface area (Å²) in [4.78, 5) is 19.7. The monoisotopic (exact) mass is 329 g/mol. The summed E-state index contributed by atoms with van der Waals surface area (Å²) in [5.74, 6) is -0.00293. The summed E-state index contributed by atoms with van der Waals surface area (Å²) < 4.78 is 5.96. The first-order valence-electron chi connectivity index (χ1n) is 7.76. The molecule has 0 fully saturated rings. The Morgan fingerprint density at radius 2 is 2.22 bits per heavy atom. The van der Waals surface area contributed by atoms with E-state index in [1.54, 1.807) is 0 Å². The van der Waals surface area contributed by atoms with Crippen LogP contribution in [0.3, 0.4) is 0 Å². The molecule has 0 aromatic carbocycles. The summed E-state index contributed by atoms with van der Waals surface area (Å²) in [6.45, 7) is 5.20. The summed E-state index contributed by atoms with van der Waals surface area (Å²) in [7, 11) is 0. The molecule has 3 heterocycles. The molecule has 3 aromatic heterocycles. The van der Waals surface area contributed by atoms with Crippen molar-refractivity contribution in [1.82, 2.24) is 23.9 Å². The Morgan fingerprint density at radius 1 is 1.35 bits per heavy atom. The maximum absolute atomic E-state index is 12.8. The maximum atomic E-state index is 12.8. The topological polar surface area (TPSA) is 63.4 Å². The zero-order valence-corrected chi connectivity index (χ0v) is 14.1. The van der Waals surface area contributed by atoms with Gasteiger partial charge in [0, 0.05) is 12.7 Å². The first kappa shape index (κ1) is 15.6. The van der Waals surface area contributed by atoms with Crippen molar-refractivity contribution in [2.75, 3.05) is 6.54 Å². The zero-order chi connectivity index (χ0) is 16.2. The summed E-state index contributed by atoms with van der Waals surface area (Å²) in [6, 6.07) is 5.87. The number of fused-ring (bicyclic) bond motifs is 1. The van der Waals surface area contributed by atoms with E-state index in [1.165, 1.54) is 11.5 Å². The molecule has 3 rings (SSSR count). The average molecular weight is 329 g/mol. The van der Waals surface area contributed by atoms with Gasteiger partial charge in [-0.1, -0.05) is 23.9 Å². The molecule has 0 saturated heterocycles. The number of carbonyl (C=O) groups excluding carboxylic acids is 1. The van der Waals surface area contributed by atoms with Crippen LogP contribution in [0.2, 0.25) is 0 Å². The van der Waals surface area contributed by atoms with E-state index in [1.807, 2.05) is 46.8 Å². The third-order valence-corrected chi connectivity index (χ3v) is 4.51. The Labute approximate surface area is 138 Å². The van der Waals surface area contributed by atoms with E-state index in [0.29, 0.717) is 18.0 Å². The Hall–Kier alpha value is -2.28. The van der Waals surface area contributed by atoms with Gasteiger partial charge in [0.15, 0.2) is 0 Å². The van der Waals surface area contributed by atoms with Gasteiger partial charge < -0.3 is 9.30 Å². The van der Waals surface area contributed by atoms with E-state index in [4.69, 9.17) is 0 Å². The Kier molecular flexibility index (Phi) is 4.66. The first-order valence-corrected chi connectivity index (χ1v) is 8.53. The smallest absolute Gasteiger partial charge is 0.267 e. The molecule has 0 unspecified atom stereocenters. The lowest BCUT2D eigenvalue weighted by molar-refractivity contribution is 0.0754. The van der Waals surface area contributed by atoms with Crippen molar-refractivity contribution in [1.29, 1.82) is 0 Å². The highest BCUT2D eigenvalue weighted by Crippen LogP contribution is 2.17. The Morgan fingerprint density at radius 3 is 3.00 bits per heavy atom. The second-order valence-electron chi connectivity index (χ2n) is 5.30. The van der Waals surface area contributed by atoms with Crippen molar-refractivity contribution < 1.29 is 4.79 Å². The van der Waals surface area contributed by atoms with Gasteiger partial charge in [-0.2, -0.15) is 0 Å². The molecular weight excluding hydrogens is 310 g/mol. The molecule has 0 N–H and O–H groups in total. The Bertz CT molecular complexity index is 810. The van der Waals surface area contributed by atoms with Crippen molar-refractivity contribution in [3.8, 4) is 0 Å². The molecule has 3 aromatic rings. The van der Waals surface area contributed by atoms with Crippen LogP contribution in [-0.4, -0.2) is 36.3 Å². The van der Waals surface area contributed by atoms with Crippen LogP contribution in [0, 0.1) is 0 Å². The molecule has 0 aliphatic heterocycles. The highest BCUT2D eigenvalue weighted by molar-refractivity contribution is 7.08. The molecule has 1 amide bonds. The fourth-order valence-electron chi connectivity index (χ4n) is 2.54. The predicted molar refractivity (Wildman–Crippen MR) is 89.5 cm³/mol. The van der Waals surface area contributed by atoms with Gasteiger partial charge in [-0.25, -0.2) is 4.98 Å². The lowest BCUT2D eigenvalue weighted by atomic mass is 10.2. The second-order valence-corrected chi connectivity index (χ2v) is 6.05. The minimum absolute atomic E-state index is 0.00293. The van der Waals surface area contributed by atoms with Gasteiger partial charge in [-0.15, -0.1) is 5.10 Å². The summed E-state index contributed by atoms with van der Waals surface area (Å²) in [5.41, 5.74) is 2.68. The highest BCUT2D eigenvalue weighted by Gasteiger charge is 2.22. The van der Waals surface area contributed by atoms with Crippen LogP contribution in [-0.2, 0) is 13.0 Å². The number of hydrogen-bond donors (Lipinski definition) is 0. The molecule has 0 radical (unpaired) electrons. The molecule has 23 heavy (non-hydrogen) atoms. The molecule has 7 heteroatoms. The van der Waals surface area contributed by atoms with E-state index in [0.717, 1.165) is 29.9 Å². The number of pyridine rings is 1. The van der Waals surface area contributed by atoms with Crippen LogP contribution in [0.15, 0.2) is 30.6 Å². The number of aromatic nitrogens is 4. The third-order valence-electron chi connectivity index (χ3n) is 3.75.